The van der Waals surface area contributed by atoms with E-state index < -0.39 is 11.6 Å². The van der Waals surface area contributed by atoms with Gasteiger partial charge in [-0.1, -0.05) is 84.0 Å². The molecule has 2 aliphatic rings. The van der Waals surface area contributed by atoms with E-state index in [-0.39, 0.29) is 25.5 Å². The number of ether oxygens (including phenoxy) is 2. The molecule has 1 fully saturated rings. The summed E-state index contributed by atoms with van der Waals surface area (Å²) in [5.74, 6) is 0.765. The van der Waals surface area contributed by atoms with E-state index in [1.165, 1.54) is 0 Å². The van der Waals surface area contributed by atoms with Crippen LogP contribution >= 0.6 is 0 Å². The van der Waals surface area contributed by atoms with E-state index in [0.717, 1.165) is 53.7 Å². The minimum absolute atomic E-state index is 0.0595. The zero-order valence-corrected chi connectivity index (χ0v) is 26.2. The van der Waals surface area contributed by atoms with Crippen LogP contribution in [0.1, 0.15) is 47.6 Å². The maximum Gasteiger partial charge on any atom is 0.266 e. The molecule has 2 N–H and O–H groups in total. The molecule has 240 valence electrons. The van der Waals surface area contributed by atoms with Gasteiger partial charge < -0.3 is 14.6 Å². The summed E-state index contributed by atoms with van der Waals surface area (Å²) in [6.07, 6.45) is 2.02. The van der Waals surface area contributed by atoms with Gasteiger partial charge in [0.2, 0.25) is 5.90 Å². The normalized spacial score (nSPS) is 19.0. The number of nitrogens with one attached hydrogen (secondary N) is 1. The lowest BCUT2D eigenvalue weighted by Crippen LogP contribution is -2.54. The molecule has 4 aromatic rings. The summed E-state index contributed by atoms with van der Waals surface area (Å²) in [4.78, 5) is 22.8. The van der Waals surface area contributed by atoms with Crippen LogP contribution in [0.25, 0.3) is 21.6 Å². The summed E-state index contributed by atoms with van der Waals surface area (Å²) in [7, 11) is 0. The molecule has 2 aliphatic heterocycles. The van der Waals surface area contributed by atoms with Crippen LogP contribution in [-0.2, 0) is 22.5 Å². The van der Waals surface area contributed by atoms with E-state index in [1.807, 2.05) is 96.0 Å². The Balaban J connectivity index is 1.43. The summed E-state index contributed by atoms with van der Waals surface area (Å²) in [5.41, 5.74) is 16.2. The monoisotopic (exact) mass is 630 g/mol. The number of azide groups is 1. The van der Waals surface area contributed by atoms with Crippen LogP contribution < -0.4 is 10.2 Å². The number of benzene rings is 4. The Labute approximate surface area is 274 Å². The molecule has 6 rings (SSSR count). The van der Waals surface area contributed by atoms with E-state index in [0.29, 0.717) is 30.2 Å². The quantitative estimate of drug-likeness (QED) is 0.0748. The van der Waals surface area contributed by atoms with Gasteiger partial charge in [0.15, 0.2) is 11.6 Å². The van der Waals surface area contributed by atoms with Gasteiger partial charge >= 0.3 is 0 Å². The first kappa shape index (κ1) is 31.8. The number of hydrazine groups is 1. The molecule has 10 heteroatoms. The zero-order valence-electron chi connectivity index (χ0n) is 26.2. The van der Waals surface area contributed by atoms with Crippen molar-refractivity contribution in [2.75, 3.05) is 26.3 Å². The van der Waals surface area contributed by atoms with Gasteiger partial charge in [0.25, 0.3) is 5.91 Å². The van der Waals surface area contributed by atoms with Crippen molar-refractivity contribution in [3.63, 3.8) is 0 Å². The Morgan fingerprint density at radius 3 is 2.30 bits per heavy atom. The highest BCUT2D eigenvalue weighted by atomic mass is 16.5. The average Bonchev–Trinajstić information content (AvgIpc) is 3.78. The zero-order chi connectivity index (χ0) is 32.5. The van der Waals surface area contributed by atoms with Gasteiger partial charge in [-0.25, -0.2) is 10.0 Å². The number of carbonyl (C=O) groups excluding carboxylic acids is 1. The highest BCUT2D eigenvalue weighted by Crippen LogP contribution is 2.43. The minimum Gasteiger partial charge on any atom is -0.494 e. The Hall–Kier alpha value is -5.15. The number of rotatable bonds is 13. The van der Waals surface area contributed by atoms with Crippen molar-refractivity contribution in [1.29, 1.82) is 0 Å². The Kier molecular flexibility index (Phi) is 10.1. The topological polar surface area (TPSA) is 132 Å². The number of amides is 1. The van der Waals surface area contributed by atoms with Crippen LogP contribution in [0.5, 0.6) is 5.75 Å². The minimum atomic E-state index is -1.38. The third-order valence-electron chi connectivity index (χ3n) is 8.60. The third kappa shape index (κ3) is 7.31. The predicted molar refractivity (Wildman–Crippen MR) is 181 cm³/mol. The maximum absolute atomic E-state index is 14.6. The second kappa shape index (κ2) is 15.0. The highest BCUT2D eigenvalue weighted by molar-refractivity contribution is 6.01. The van der Waals surface area contributed by atoms with Crippen molar-refractivity contribution in [3.05, 3.63) is 136 Å². The van der Waals surface area contributed by atoms with Crippen LogP contribution in [0.4, 0.5) is 0 Å². The lowest BCUT2D eigenvalue weighted by molar-refractivity contribution is -0.133. The number of hydrogen-bond acceptors (Lipinski definition) is 7. The molecule has 2 heterocycles. The number of aliphatic hydroxyl groups is 1. The van der Waals surface area contributed by atoms with Crippen molar-refractivity contribution < 1.29 is 19.4 Å². The molecule has 0 aromatic heterocycles. The van der Waals surface area contributed by atoms with Gasteiger partial charge in [0.1, 0.15) is 5.75 Å². The largest absolute Gasteiger partial charge is 0.494 e. The second-order valence-electron chi connectivity index (χ2n) is 11.7. The van der Waals surface area contributed by atoms with Gasteiger partial charge in [-0.3, -0.25) is 10.2 Å². The van der Waals surface area contributed by atoms with Gasteiger partial charge in [-0.05, 0) is 70.5 Å². The molecule has 0 aliphatic carbocycles. The van der Waals surface area contributed by atoms with Gasteiger partial charge in [-0.2, -0.15) is 0 Å². The number of aliphatic hydroxyl groups excluding tert-OH is 1. The molecule has 10 nitrogen and oxygen atoms in total. The Bertz CT molecular complexity index is 1730. The molecule has 4 aromatic carbocycles. The van der Waals surface area contributed by atoms with E-state index in [1.54, 1.807) is 0 Å². The first-order valence-electron chi connectivity index (χ1n) is 16.0. The summed E-state index contributed by atoms with van der Waals surface area (Å²) in [5, 5.41) is 14.9. The molecule has 0 bridgehead atoms. The van der Waals surface area contributed by atoms with Crippen molar-refractivity contribution in [3.8, 4) is 16.9 Å². The van der Waals surface area contributed by atoms with E-state index in [2.05, 4.69) is 27.6 Å². The fourth-order valence-corrected chi connectivity index (χ4v) is 6.11. The van der Waals surface area contributed by atoms with E-state index in [9.17, 15) is 4.79 Å². The molecular weight excluding hydrogens is 592 g/mol. The summed E-state index contributed by atoms with van der Waals surface area (Å²) in [6, 6.07) is 33.3. The van der Waals surface area contributed by atoms with Crippen molar-refractivity contribution in [2.24, 2.45) is 10.1 Å². The van der Waals surface area contributed by atoms with Crippen LogP contribution in [0, 0.1) is 0 Å². The SMILES string of the molecule is [N-]=[N+]=NCc1ccccc1C[C@]1(C(=O)NN2CCCC2)N=C(c2ccc(OCCCO)cc2)O[C@H]1c1ccc(-c2ccccc2)cc1. The smallest absolute Gasteiger partial charge is 0.266 e. The standard InChI is InChI=1S/C37H38N6O4/c38-42-39-26-32-12-5-4-11-31(32)25-37(36(45)41-43-21-6-7-22-43)34(29-15-13-28(14-16-29)27-9-2-1-3-10-27)47-35(40-37)30-17-19-33(20-18-30)46-24-8-23-44/h1-5,9-20,34,44H,6-8,21-26H2,(H,41,45)/t34-,37-/m0/s1. The van der Waals surface area contributed by atoms with Crippen LogP contribution in [0.3, 0.4) is 0 Å². The van der Waals surface area contributed by atoms with Crippen molar-refractivity contribution in [1.82, 2.24) is 10.4 Å². The lowest BCUT2D eigenvalue weighted by Gasteiger charge is -2.33. The van der Waals surface area contributed by atoms with Gasteiger partial charge in [0.05, 0.1) is 13.2 Å². The lowest BCUT2D eigenvalue weighted by atomic mass is 9.80. The first-order valence-corrected chi connectivity index (χ1v) is 16.0. The number of aliphatic imine (C=N–C) groups is 1. The van der Waals surface area contributed by atoms with Crippen molar-refractivity contribution in [2.45, 2.75) is 43.9 Å². The summed E-state index contributed by atoms with van der Waals surface area (Å²) < 4.78 is 12.5. The summed E-state index contributed by atoms with van der Waals surface area (Å²) in [6.45, 7) is 2.15. The molecule has 47 heavy (non-hydrogen) atoms. The third-order valence-corrected chi connectivity index (χ3v) is 8.60. The fourth-order valence-electron chi connectivity index (χ4n) is 6.11. The number of hydrogen-bond donors (Lipinski definition) is 2. The fraction of sp³-hybridized carbons (Fsp3) is 0.297. The van der Waals surface area contributed by atoms with Crippen LogP contribution in [0.15, 0.2) is 113 Å². The Morgan fingerprint density at radius 1 is 0.936 bits per heavy atom. The second-order valence-corrected chi connectivity index (χ2v) is 11.7. The average molecular weight is 631 g/mol. The first-order chi connectivity index (χ1) is 23.1. The van der Waals surface area contributed by atoms with Gasteiger partial charge in [-0.15, -0.1) is 0 Å². The molecule has 1 saturated heterocycles. The maximum atomic E-state index is 14.6. The molecule has 0 unspecified atom stereocenters. The number of carbonyl (C=O) groups is 1. The Morgan fingerprint density at radius 2 is 1.60 bits per heavy atom. The predicted octanol–water partition coefficient (Wildman–Crippen LogP) is 6.55. The molecule has 1 amide bonds. The summed E-state index contributed by atoms with van der Waals surface area (Å²) >= 11 is 0. The highest BCUT2D eigenvalue weighted by Gasteiger charge is 2.54. The molecule has 0 saturated carbocycles. The van der Waals surface area contributed by atoms with Crippen LogP contribution in [-0.4, -0.2) is 53.8 Å². The molecule has 2 atom stereocenters. The van der Waals surface area contributed by atoms with Crippen molar-refractivity contribution >= 4 is 11.8 Å². The molecular formula is C37H38N6O4. The molecule has 0 radical (unpaired) electrons. The van der Waals surface area contributed by atoms with Gasteiger partial charge in [0, 0.05) is 43.0 Å². The molecule has 0 spiro atoms. The van der Waals surface area contributed by atoms with Crippen LogP contribution in [0.2, 0.25) is 0 Å². The van der Waals surface area contributed by atoms with E-state index in [4.69, 9.17) is 25.1 Å². The van der Waals surface area contributed by atoms with E-state index >= 15 is 0 Å². The number of nitrogens with zero attached hydrogens (tertiary/aromatic N) is 5.